The van der Waals surface area contributed by atoms with E-state index in [-0.39, 0.29) is 11.2 Å². The third-order valence-electron chi connectivity index (χ3n) is 3.48. The second-order valence-electron chi connectivity index (χ2n) is 5.03. The van der Waals surface area contributed by atoms with Crippen molar-refractivity contribution in [2.45, 2.75) is 49.4 Å². The number of hydrogen-bond acceptors (Lipinski definition) is 5. The Kier molecular flexibility index (Phi) is 5.07. The van der Waals surface area contributed by atoms with Crippen LogP contribution in [0.5, 0.6) is 0 Å². The molecule has 2 rings (SSSR count). The normalized spacial score (nSPS) is 18.2. The van der Waals surface area contributed by atoms with E-state index in [1.54, 1.807) is 0 Å². The number of carbonyl (C=O) groups excluding carboxylic acids is 1. The lowest BCUT2D eigenvalue weighted by Gasteiger charge is -2.22. The highest BCUT2D eigenvalue weighted by atomic mass is 32.2. The number of nitrogen functional groups attached to an aromatic ring is 1. The van der Waals surface area contributed by atoms with Crippen LogP contribution in [-0.4, -0.2) is 32.6 Å². The number of amides is 1. The maximum atomic E-state index is 12.0. The SMILES string of the molecule is C[C@@H](Sc1nncn1N)C(=O)NCC1CCCCC1. The van der Waals surface area contributed by atoms with Gasteiger partial charge in [0.05, 0.1) is 5.25 Å². The van der Waals surface area contributed by atoms with E-state index in [0.717, 1.165) is 6.54 Å². The van der Waals surface area contributed by atoms with Crippen LogP contribution in [0.3, 0.4) is 0 Å². The zero-order chi connectivity index (χ0) is 13.7. The number of nitrogens with zero attached hydrogens (tertiary/aromatic N) is 3. The molecule has 1 aliphatic rings. The van der Waals surface area contributed by atoms with Crippen molar-refractivity contribution in [3.05, 3.63) is 6.33 Å². The van der Waals surface area contributed by atoms with Crippen LogP contribution < -0.4 is 11.2 Å². The van der Waals surface area contributed by atoms with Gasteiger partial charge in [-0.1, -0.05) is 31.0 Å². The Bertz CT molecular complexity index is 416. The van der Waals surface area contributed by atoms with Gasteiger partial charge >= 0.3 is 0 Å². The summed E-state index contributed by atoms with van der Waals surface area (Å²) in [5, 5.41) is 10.9. The predicted octanol–water partition coefficient (Wildman–Crippen LogP) is 1.17. The molecule has 7 heteroatoms. The van der Waals surface area contributed by atoms with Crippen molar-refractivity contribution >= 4 is 17.7 Å². The molecule has 0 spiro atoms. The van der Waals surface area contributed by atoms with Crippen LogP contribution in [0, 0.1) is 5.92 Å². The van der Waals surface area contributed by atoms with Gasteiger partial charge < -0.3 is 11.2 Å². The first-order chi connectivity index (χ1) is 9.16. The lowest BCUT2D eigenvalue weighted by atomic mass is 9.89. The van der Waals surface area contributed by atoms with Gasteiger partial charge in [-0.25, -0.2) is 4.68 Å². The minimum Gasteiger partial charge on any atom is -0.355 e. The number of nitrogens with one attached hydrogen (secondary N) is 1. The van der Waals surface area contributed by atoms with Gasteiger partial charge in [0, 0.05) is 6.54 Å². The molecule has 0 aromatic carbocycles. The predicted molar refractivity (Wildman–Crippen MR) is 75.1 cm³/mol. The van der Waals surface area contributed by atoms with Gasteiger partial charge in [0.2, 0.25) is 11.1 Å². The van der Waals surface area contributed by atoms with Gasteiger partial charge in [-0.2, -0.15) is 0 Å². The maximum absolute atomic E-state index is 12.0. The van der Waals surface area contributed by atoms with Gasteiger partial charge in [0.25, 0.3) is 0 Å². The average molecular weight is 283 g/mol. The minimum atomic E-state index is -0.213. The van der Waals surface area contributed by atoms with E-state index in [9.17, 15) is 4.79 Å². The molecule has 1 aromatic rings. The summed E-state index contributed by atoms with van der Waals surface area (Å²) in [6, 6.07) is 0. The molecule has 0 aliphatic heterocycles. The van der Waals surface area contributed by atoms with E-state index in [2.05, 4.69) is 15.5 Å². The largest absolute Gasteiger partial charge is 0.355 e. The molecule has 1 heterocycles. The Morgan fingerprint density at radius 2 is 2.32 bits per heavy atom. The van der Waals surface area contributed by atoms with Crippen LogP contribution in [0.1, 0.15) is 39.0 Å². The summed E-state index contributed by atoms with van der Waals surface area (Å²) in [4.78, 5) is 12.0. The summed E-state index contributed by atoms with van der Waals surface area (Å²) in [6.45, 7) is 2.65. The van der Waals surface area contributed by atoms with Gasteiger partial charge in [0.1, 0.15) is 6.33 Å². The highest BCUT2D eigenvalue weighted by Gasteiger charge is 2.19. The minimum absolute atomic E-state index is 0.0403. The Balaban J connectivity index is 1.74. The molecule has 106 valence electrons. The molecule has 1 aromatic heterocycles. The molecule has 3 N–H and O–H groups in total. The van der Waals surface area contributed by atoms with Gasteiger partial charge in [-0.3, -0.25) is 4.79 Å². The molecule has 1 atom stereocenters. The molecule has 6 nitrogen and oxygen atoms in total. The summed E-state index contributed by atoms with van der Waals surface area (Å²) in [5.41, 5.74) is 0. The summed E-state index contributed by atoms with van der Waals surface area (Å²) in [6.07, 6.45) is 7.82. The topological polar surface area (TPSA) is 85.8 Å². The summed E-state index contributed by atoms with van der Waals surface area (Å²) >= 11 is 1.32. The molecule has 1 saturated carbocycles. The van der Waals surface area contributed by atoms with Crippen molar-refractivity contribution in [1.29, 1.82) is 0 Å². The second-order valence-corrected chi connectivity index (χ2v) is 6.34. The monoisotopic (exact) mass is 283 g/mol. The van der Waals surface area contributed by atoms with Gasteiger partial charge in [-0.05, 0) is 25.7 Å². The van der Waals surface area contributed by atoms with Crippen LogP contribution in [-0.2, 0) is 4.79 Å². The molecule has 0 radical (unpaired) electrons. The number of nitrogens with two attached hydrogens (primary N) is 1. The number of aromatic nitrogens is 3. The Morgan fingerprint density at radius 1 is 1.58 bits per heavy atom. The molecule has 0 saturated heterocycles. The highest BCUT2D eigenvalue weighted by molar-refractivity contribution is 8.00. The molecule has 0 bridgehead atoms. The fourth-order valence-electron chi connectivity index (χ4n) is 2.31. The van der Waals surface area contributed by atoms with Crippen molar-refractivity contribution in [2.75, 3.05) is 12.4 Å². The van der Waals surface area contributed by atoms with Crippen molar-refractivity contribution in [3.8, 4) is 0 Å². The number of thioether (sulfide) groups is 1. The summed E-state index contributed by atoms with van der Waals surface area (Å²) in [5.74, 6) is 6.31. The lowest BCUT2D eigenvalue weighted by Crippen LogP contribution is -2.35. The fraction of sp³-hybridized carbons (Fsp3) is 0.750. The third-order valence-corrected chi connectivity index (χ3v) is 4.55. The first-order valence-corrected chi connectivity index (χ1v) is 7.64. The van der Waals surface area contributed by atoms with Crippen molar-refractivity contribution in [1.82, 2.24) is 20.2 Å². The van der Waals surface area contributed by atoms with E-state index in [0.29, 0.717) is 11.1 Å². The van der Waals surface area contributed by atoms with Gasteiger partial charge in [-0.15, -0.1) is 10.2 Å². The quantitative estimate of drug-likeness (QED) is 0.626. The molecule has 0 unspecified atom stereocenters. The fourth-order valence-corrected chi connectivity index (χ4v) is 3.08. The lowest BCUT2D eigenvalue weighted by molar-refractivity contribution is -0.120. The second kappa shape index (κ2) is 6.79. The number of rotatable bonds is 5. The van der Waals surface area contributed by atoms with Gasteiger partial charge in [0.15, 0.2) is 0 Å². The van der Waals surface area contributed by atoms with Crippen molar-refractivity contribution in [2.24, 2.45) is 5.92 Å². The van der Waals surface area contributed by atoms with Crippen molar-refractivity contribution < 1.29 is 4.79 Å². The van der Waals surface area contributed by atoms with Crippen LogP contribution in [0.25, 0.3) is 0 Å². The molecular formula is C12H21N5OS. The molecule has 1 amide bonds. The Hall–Kier alpha value is -1.24. The average Bonchev–Trinajstić information content (AvgIpc) is 2.82. The third kappa shape index (κ3) is 4.12. The summed E-state index contributed by atoms with van der Waals surface area (Å²) in [7, 11) is 0. The smallest absolute Gasteiger partial charge is 0.233 e. The molecular weight excluding hydrogens is 262 g/mol. The zero-order valence-electron chi connectivity index (χ0n) is 11.2. The standard InChI is InChI=1S/C12H21N5OS/c1-9(19-12-16-15-8-17(12)13)11(18)14-7-10-5-3-2-4-6-10/h8-10H,2-7,13H2,1H3,(H,14,18)/t9-/m1/s1. The van der Waals surface area contributed by atoms with Crippen molar-refractivity contribution in [3.63, 3.8) is 0 Å². The number of hydrogen-bond donors (Lipinski definition) is 2. The van der Waals surface area contributed by atoms with E-state index in [1.807, 2.05) is 6.92 Å². The van der Waals surface area contributed by atoms with Crippen LogP contribution >= 0.6 is 11.8 Å². The molecule has 19 heavy (non-hydrogen) atoms. The Morgan fingerprint density at radius 3 is 2.95 bits per heavy atom. The molecule has 1 fully saturated rings. The first kappa shape index (κ1) is 14.2. The highest BCUT2D eigenvalue weighted by Crippen LogP contribution is 2.23. The van der Waals surface area contributed by atoms with E-state index < -0.39 is 0 Å². The van der Waals surface area contributed by atoms with E-state index in [4.69, 9.17) is 5.84 Å². The summed E-state index contributed by atoms with van der Waals surface area (Å²) < 4.78 is 1.33. The number of carbonyl (C=O) groups is 1. The Labute approximate surface area is 117 Å². The first-order valence-electron chi connectivity index (χ1n) is 6.76. The van der Waals surface area contributed by atoms with E-state index >= 15 is 0 Å². The zero-order valence-corrected chi connectivity index (χ0v) is 12.0. The van der Waals surface area contributed by atoms with Crippen LogP contribution in [0.2, 0.25) is 0 Å². The van der Waals surface area contributed by atoms with E-state index in [1.165, 1.54) is 54.9 Å². The molecule has 1 aliphatic carbocycles. The van der Waals surface area contributed by atoms with Crippen LogP contribution in [0.15, 0.2) is 11.5 Å². The maximum Gasteiger partial charge on any atom is 0.233 e. The van der Waals surface area contributed by atoms with Crippen LogP contribution in [0.4, 0.5) is 0 Å².